The lowest BCUT2D eigenvalue weighted by molar-refractivity contribution is -0.222. The van der Waals surface area contributed by atoms with E-state index < -0.39 is 0 Å². The lowest BCUT2D eigenvalue weighted by Gasteiger charge is -2.35. The molecule has 5 atom stereocenters. The molecule has 2 heterocycles. The first-order valence-electron chi connectivity index (χ1n) is 4.74. The summed E-state index contributed by atoms with van der Waals surface area (Å²) in [7, 11) is 3.28. The molecule has 5 nitrogen and oxygen atoms in total. The van der Waals surface area contributed by atoms with Crippen LogP contribution in [0.25, 0.3) is 0 Å². The van der Waals surface area contributed by atoms with Crippen LogP contribution in [0.15, 0.2) is 0 Å². The molecular weight excluding hydrogens is 188 g/mol. The Morgan fingerprint density at radius 3 is 2.57 bits per heavy atom. The highest BCUT2D eigenvalue weighted by atomic mass is 16.8. The molecule has 5 heteroatoms. The van der Waals surface area contributed by atoms with Crippen molar-refractivity contribution in [1.29, 1.82) is 0 Å². The molecule has 2 rings (SSSR count). The molecule has 0 radical (unpaired) electrons. The van der Waals surface area contributed by atoms with Crippen molar-refractivity contribution in [2.24, 2.45) is 0 Å². The van der Waals surface area contributed by atoms with Gasteiger partial charge in [0.25, 0.3) is 0 Å². The van der Waals surface area contributed by atoms with Gasteiger partial charge in [-0.15, -0.1) is 0 Å². The second-order valence-corrected chi connectivity index (χ2v) is 3.48. The van der Waals surface area contributed by atoms with Gasteiger partial charge < -0.3 is 23.7 Å². The molecule has 0 unspecified atom stereocenters. The lowest BCUT2D eigenvalue weighted by Crippen LogP contribution is -2.53. The van der Waals surface area contributed by atoms with Crippen molar-refractivity contribution >= 4 is 0 Å². The molecule has 0 aromatic carbocycles. The Balaban J connectivity index is 2.07. The number of ether oxygens (including phenoxy) is 5. The summed E-state index contributed by atoms with van der Waals surface area (Å²) >= 11 is 0. The minimum absolute atomic E-state index is 0.0878. The number of fused-ring (bicyclic) bond motifs is 1. The summed E-state index contributed by atoms with van der Waals surface area (Å²) in [5.41, 5.74) is 0. The monoisotopic (exact) mass is 204 g/mol. The largest absolute Gasteiger partial charge is 0.376 e. The highest BCUT2D eigenvalue weighted by Crippen LogP contribution is 2.30. The second kappa shape index (κ2) is 4.12. The highest BCUT2D eigenvalue weighted by Gasteiger charge is 2.47. The second-order valence-electron chi connectivity index (χ2n) is 3.48. The van der Waals surface area contributed by atoms with Gasteiger partial charge in [-0.2, -0.15) is 0 Å². The maximum Gasteiger partial charge on any atom is 0.189 e. The van der Waals surface area contributed by atoms with E-state index in [4.69, 9.17) is 23.7 Å². The maximum absolute atomic E-state index is 5.55. The fourth-order valence-corrected chi connectivity index (χ4v) is 1.93. The van der Waals surface area contributed by atoms with Gasteiger partial charge in [0.05, 0.1) is 6.61 Å². The van der Waals surface area contributed by atoms with Crippen molar-refractivity contribution in [3.8, 4) is 0 Å². The number of hydrogen-bond acceptors (Lipinski definition) is 5. The zero-order valence-electron chi connectivity index (χ0n) is 8.64. The standard InChI is InChI=1S/C9H16O5/c1-5-13-8-7(11-3)6(10-2)4-12-9(8)14-5/h5-9H,4H2,1-3H3/t5-,6+,7-,8+,9-/m0/s1. The zero-order chi connectivity index (χ0) is 10.1. The van der Waals surface area contributed by atoms with Crippen LogP contribution >= 0.6 is 0 Å². The van der Waals surface area contributed by atoms with Crippen LogP contribution < -0.4 is 0 Å². The molecule has 82 valence electrons. The van der Waals surface area contributed by atoms with Crippen molar-refractivity contribution in [3.05, 3.63) is 0 Å². The molecule has 0 amide bonds. The summed E-state index contributed by atoms with van der Waals surface area (Å²) in [5.74, 6) is 0. The molecule has 0 aliphatic carbocycles. The van der Waals surface area contributed by atoms with Crippen LogP contribution in [0.4, 0.5) is 0 Å². The van der Waals surface area contributed by atoms with Crippen molar-refractivity contribution in [2.45, 2.75) is 37.8 Å². The highest BCUT2D eigenvalue weighted by molar-refractivity contribution is 4.88. The van der Waals surface area contributed by atoms with Crippen molar-refractivity contribution < 1.29 is 23.7 Å². The molecule has 0 N–H and O–H groups in total. The Bertz CT molecular complexity index is 192. The van der Waals surface area contributed by atoms with Crippen LogP contribution in [0.5, 0.6) is 0 Å². The molecule has 0 aromatic rings. The van der Waals surface area contributed by atoms with Crippen LogP contribution in [0.1, 0.15) is 6.92 Å². The molecule has 14 heavy (non-hydrogen) atoms. The van der Waals surface area contributed by atoms with Gasteiger partial charge in [0.2, 0.25) is 0 Å². The van der Waals surface area contributed by atoms with Crippen LogP contribution in [0.2, 0.25) is 0 Å². The van der Waals surface area contributed by atoms with E-state index in [9.17, 15) is 0 Å². The van der Waals surface area contributed by atoms with Gasteiger partial charge in [0.15, 0.2) is 12.6 Å². The molecule has 2 fully saturated rings. The van der Waals surface area contributed by atoms with E-state index in [0.717, 1.165) is 0 Å². The molecule has 2 saturated heterocycles. The smallest absolute Gasteiger partial charge is 0.189 e. The average Bonchev–Trinajstić information content (AvgIpc) is 2.56. The van der Waals surface area contributed by atoms with Crippen molar-refractivity contribution in [3.63, 3.8) is 0 Å². The third-order valence-electron chi connectivity index (χ3n) is 2.63. The van der Waals surface area contributed by atoms with E-state index in [-0.39, 0.29) is 30.9 Å². The maximum atomic E-state index is 5.55. The van der Waals surface area contributed by atoms with Crippen LogP contribution in [-0.2, 0) is 23.7 Å². The Kier molecular flexibility index (Phi) is 3.04. The van der Waals surface area contributed by atoms with Gasteiger partial charge in [-0.25, -0.2) is 0 Å². The van der Waals surface area contributed by atoms with Gasteiger partial charge in [-0.05, 0) is 6.92 Å². The first-order chi connectivity index (χ1) is 6.76. The summed E-state index contributed by atoms with van der Waals surface area (Å²) in [5, 5.41) is 0. The Morgan fingerprint density at radius 2 is 1.93 bits per heavy atom. The minimum atomic E-state index is -0.318. The SMILES string of the molecule is CO[C@@H]1[C@H]2O[C@H](C)O[C@@H]2OC[C@H]1OC. The van der Waals surface area contributed by atoms with Crippen LogP contribution in [0.3, 0.4) is 0 Å². The van der Waals surface area contributed by atoms with Gasteiger partial charge in [-0.1, -0.05) is 0 Å². The van der Waals surface area contributed by atoms with Crippen molar-refractivity contribution in [1.82, 2.24) is 0 Å². The summed E-state index contributed by atoms with van der Waals surface area (Å²) in [6.45, 7) is 2.32. The van der Waals surface area contributed by atoms with Crippen molar-refractivity contribution in [2.75, 3.05) is 20.8 Å². The lowest BCUT2D eigenvalue weighted by atomic mass is 10.1. The van der Waals surface area contributed by atoms with E-state index >= 15 is 0 Å². The van der Waals surface area contributed by atoms with Crippen LogP contribution in [-0.4, -0.2) is 51.7 Å². The molecule has 0 aromatic heterocycles. The number of rotatable bonds is 2. The first kappa shape index (κ1) is 10.3. The summed E-state index contributed by atoms with van der Waals surface area (Å²) in [4.78, 5) is 0. The number of hydrogen-bond donors (Lipinski definition) is 0. The molecule has 2 aliphatic heterocycles. The summed E-state index contributed by atoms with van der Waals surface area (Å²) < 4.78 is 27.0. The molecule has 0 saturated carbocycles. The van der Waals surface area contributed by atoms with E-state index in [1.165, 1.54) is 0 Å². The third-order valence-corrected chi connectivity index (χ3v) is 2.63. The zero-order valence-corrected chi connectivity index (χ0v) is 8.64. The quantitative estimate of drug-likeness (QED) is 0.640. The normalized spacial score (nSPS) is 47.8. The fourth-order valence-electron chi connectivity index (χ4n) is 1.93. The van der Waals surface area contributed by atoms with E-state index in [1.807, 2.05) is 6.92 Å². The van der Waals surface area contributed by atoms with Gasteiger partial charge in [0.1, 0.15) is 18.3 Å². The Morgan fingerprint density at radius 1 is 1.14 bits per heavy atom. The Labute approximate surface area is 83.2 Å². The van der Waals surface area contributed by atoms with E-state index in [2.05, 4.69) is 0 Å². The van der Waals surface area contributed by atoms with E-state index in [0.29, 0.717) is 6.61 Å². The van der Waals surface area contributed by atoms with Gasteiger partial charge in [0, 0.05) is 14.2 Å². The molecule has 2 aliphatic rings. The summed E-state index contributed by atoms with van der Waals surface area (Å²) in [6, 6.07) is 0. The molecular formula is C9H16O5. The molecule has 0 bridgehead atoms. The van der Waals surface area contributed by atoms with Gasteiger partial charge >= 0.3 is 0 Å². The van der Waals surface area contributed by atoms with Crippen LogP contribution in [0, 0.1) is 0 Å². The first-order valence-corrected chi connectivity index (χ1v) is 4.74. The average molecular weight is 204 g/mol. The fraction of sp³-hybridized carbons (Fsp3) is 1.00. The summed E-state index contributed by atoms with van der Waals surface area (Å²) in [6.07, 6.45) is -0.952. The third kappa shape index (κ3) is 1.66. The Hall–Kier alpha value is -0.200. The van der Waals surface area contributed by atoms with E-state index in [1.54, 1.807) is 14.2 Å². The minimum Gasteiger partial charge on any atom is -0.376 e. The number of methoxy groups -OCH3 is 2. The topological polar surface area (TPSA) is 46.2 Å². The predicted molar refractivity (Wildman–Crippen MR) is 46.8 cm³/mol. The predicted octanol–water partition coefficient (Wildman–Crippen LogP) is 0.134. The van der Waals surface area contributed by atoms with Gasteiger partial charge in [-0.3, -0.25) is 0 Å². The molecule has 0 spiro atoms.